The van der Waals surface area contributed by atoms with Crippen LogP contribution in [0.4, 0.5) is 0 Å². The molecule has 0 aliphatic rings. The Labute approximate surface area is 114 Å². The molecule has 1 unspecified atom stereocenters. The molecule has 0 radical (unpaired) electrons. The highest BCUT2D eigenvalue weighted by molar-refractivity contribution is 5.25. The Morgan fingerprint density at radius 3 is 2.11 bits per heavy atom. The Kier molecular flexibility index (Phi) is 4.72. The van der Waals surface area contributed by atoms with E-state index < -0.39 is 0 Å². The molecule has 0 saturated heterocycles. The van der Waals surface area contributed by atoms with Gasteiger partial charge in [-0.2, -0.15) is 5.26 Å². The van der Waals surface area contributed by atoms with Crippen LogP contribution in [0.2, 0.25) is 0 Å². The van der Waals surface area contributed by atoms with E-state index in [1.807, 2.05) is 48.5 Å². The van der Waals surface area contributed by atoms with E-state index in [4.69, 9.17) is 0 Å². The van der Waals surface area contributed by atoms with Crippen molar-refractivity contribution in [3.63, 3.8) is 0 Å². The van der Waals surface area contributed by atoms with Crippen molar-refractivity contribution in [2.75, 3.05) is 6.54 Å². The van der Waals surface area contributed by atoms with Gasteiger partial charge in [-0.3, -0.25) is 4.90 Å². The molecule has 2 aromatic rings. The van der Waals surface area contributed by atoms with Crippen molar-refractivity contribution in [2.24, 2.45) is 0 Å². The van der Waals surface area contributed by atoms with E-state index in [-0.39, 0.29) is 6.04 Å². The van der Waals surface area contributed by atoms with Gasteiger partial charge in [0.05, 0.1) is 6.07 Å². The number of rotatable bonds is 5. The first-order chi connectivity index (χ1) is 9.35. The van der Waals surface area contributed by atoms with E-state index in [0.29, 0.717) is 0 Å². The highest BCUT2D eigenvalue weighted by atomic mass is 15.1. The van der Waals surface area contributed by atoms with Gasteiger partial charge in [-0.05, 0) is 17.7 Å². The van der Waals surface area contributed by atoms with Crippen LogP contribution in [-0.2, 0) is 6.54 Å². The predicted molar refractivity (Wildman–Crippen MR) is 77.3 cm³/mol. The second kappa shape index (κ2) is 6.72. The first kappa shape index (κ1) is 13.3. The van der Waals surface area contributed by atoms with Gasteiger partial charge in [-0.25, -0.2) is 0 Å². The molecule has 0 aromatic heterocycles. The van der Waals surface area contributed by atoms with E-state index in [1.54, 1.807) is 0 Å². The van der Waals surface area contributed by atoms with Gasteiger partial charge >= 0.3 is 0 Å². The highest BCUT2D eigenvalue weighted by Gasteiger charge is 2.18. The van der Waals surface area contributed by atoms with Crippen LogP contribution in [0.1, 0.15) is 24.1 Å². The second-order valence-corrected chi connectivity index (χ2v) is 4.49. The van der Waals surface area contributed by atoms with Crippen molar-refractivity contribution < 1.29 is 0 Å². The number of hydrogen-bond acceptors (Lipinski definition) is 2. The fraction of sp³-hybridized carbons (Fsp3) is 0.235. The van der Waals surface area contributed by atoms with Gasteiger partial charge in [-0.15, -0.1) is 0 Å². The fourth-order valence-electron chi connectivity index (χ4n) is 2.21. The molecular formula is C17H18N2. The molecule has 0 spiro atoms. The summed E-state index contributed by atoms with van der Waals surface area (Å²) in [5, 5.41) is 9.47. The fourth-order valence-corrected chi connectivity index (χ4v) is 2.21. The lowest BCUT2D eigenvalue weighted by molar-refractivity contribution is 0.239. The average Bonchev–Trinajstić information content (AvgIpc) is 2.49. The molecule has 0 N–H and O–H groups in total. The zero-order valence-electron chi connectivity index (χ0n) is 11.2. The van der Waals surface area contributed by atoms with Crippen molar-refractivity contribution in [1.82, 2.24) is 4.90 Å². The Hall–Kier alpha value is -2.11. The molecule has 0 aliphatic heterocycles. The maximum absolute atomic E-state index is 9.47. The van der Waals surface area contributed by atoms with Crippen molar-refractivity contribution >= 4 is 0 Å². The molecule has 2 heteroatoms. The van der Waals surface area contributed by atoms with Crippen molar-refractivity contribution in [2.45, 2.75) is 19.5 Å². The lowest BCUT2D eigenvalue weighted by Gasteiger charge is -2.26. The molecule has 19 heavy (non-hydrogen) atoms. The van der Waals surface area contributed by atoms with Crippen LogP contribution in [-0.4, -0.2) is 11.4 Å². The Balaban J connectivity index is 2.18. The van der Waals surface area contributed by atoms with Crippen LogP contribution in [0.5, 0.6) is 0 Å². The molecule has 96 valence electrons. The number of hydrogen-bond donors (Lipinski definition) is 0. The van der Waals surface area contributed by atoms with Crippen molar-refractivity contribution in [3.05, 3.63) is 71.8 Å². The van der Waals surface area contributed by atoms with E-state index >= 15 is 0 Å². The summed E-state index contributed by atoms with van der Waals surface area (Å²) in [6.45, 7) is 3.74. The summed E-state index contributed by atoms with van der Waals surface area (Å²) < 4.78 is 0. The Morgan fingerprint density at radius 1 is 1.00 bits per heavy atom. The molecule has 2 aromatic carbocycles. The van der Waals surface area contributed by atoms with Crippen LogP contribution in [0.15, 0.2) is 60.7 Å². The van der Waals surface area contributed by atoms with Gasteiger partial charge in [-0.1, -0.05) is 67.6 Å². The van der Waals surface area contributed by atoms with E-state index in [9.17, 15) is 5.26 Å². The highest BCUT2D eigenvalue weighted by Crippen LogP contribution is 2.21. The maximum atomic E-state index is 9.47. The molecular weight excluding hydrogens is 232 g/mol. The smallest absolute Gasteiger partial charge is 0.124 e. The molecule has 1 atom stereocenters. The molecule has 0 bridgehead atoms. The van der Waals surface area contributed by atoms with Gasteiger partial charge in [0.1, 0.15) is 6.04 Å². The average molecular weight is 250 g/mol. The van der Waals surface area contributed by atoms with Gasteiger partial charge in [0.15, 0.2) is 0 Å². The standard InChI is InChI=1S/C17H18N2/c1-2-19(14-15-9-5-3-6-10-15)17(13-18)16-11-7-4-8-12-16/h3-12,17H,2,14H2,1H3. The molecule has 0 aliphatic carbocycles. The first-order valence-corrected chi connectivity index (χ1v) is 6.57. The Morgan fingerprint density at radius 2 is 1.58 bits per heavy atom. The summed E-state index contributed by atoms with van der Waals surface area (Å²) in [4.78, 5) is 2.19. The molecule has 2 nitrogen and oxygen atoms in total. The minimum atomic E-state index is -0.189. The van der Waals surface area contributed by atoms with Gasteiger partial charge in [0, 0.05) is 6.54 Å². The summed E-state index contributed by atoms with van der Waals surface area (Å²) >= 11 is 0. The van der Waals surface area contributed by atoms with Crippen LogP contribution in [0.25, 0.3) is 0 Å². The van der Waals surface area contributed by atoms with Crippen molar-refractivity contribution in [3.8, 4) is 6.07 Å². The third kappa shape index (κ3) is 3.43. The lowest BCUT2D eigenvalue weighted by atomic mass is 10.1. The zero-order valence-corrected chi connectivity index (χ0v) is 11.2. The van der Waals surface area contributed by atoms with Gasteiger partial charge in [0.2, 0.25) is 0 Å². The van der Waals surface area contributed by atoms with E-state index in [0.717, 1.165) is 18.7 Å². The van der Waals surface area contributed by atoms with Crippen LogP contribution in [0, 0.1) is 11.3 Å². The summed E-state index contributed by atoms with van der Waals surface area (Å²) in [6.07, 6.45) is 0. The predicted octanol–water partition coefficient (Wildman–Crippen LogP) is 3.77. The zero-order chi connectivity index (χ0) is 13.5. The topological polar surface area (TPSA) is 27.0 Å². The summed E-state index contributed by atoms with van der Waals surface area (Å²) in [7, 11) is 0. The molecule has 0 fully saturated rings. The van der Waals surface area contributed by atoms with Gasteiger partial charge < -0.3 is 0 Å². The summed E-state index contributed by atoms with van der Waals surface area (Å²) in [5.74, 6) is 0. The SMILES string of the molecule is CCN(Cc1ccccc1)C(C#N)c1ccccc1. The second-order valence-electron chi connectivity index (χ2n) is 4.49. The van der Waals surface area contributed by atoms with Crippen LogP contribution >= 0.6 is 0 Å². The normalized spacial score (nSPS) is 12.1. The first-order valence-electron chi connectivity index (χ1n) is 6.57. The lowest BCUT2D eigenvalue weighted by Crippen LogP contribution is -2.27. The largest absolute Gasteiger partial charge is 0.280 e. The minimum Gasteiger partial charge on any atom is -0.280 e. The van der Waals surface area contributed by atoms with Crippen LogP contribution < -0.4 is 0 Å². The monoisotopic (exact) mass is 250 g/mol. The van der Waals surface area contributed by atoms with Crippen LogP contribution in [0.3, 0.4) is 0 Å². The Bertz CT molecular complexity index is 528. The number of nitrogens with zero attached hydrogens (tertiary/aromatic N) is 2. The van der Waals surface area contributed by atoms with Crippen molar-refractivity contribution in [1.29, 1.82) is 5.26 Å². The number of benzene rings is 2. The maximum Gasteiger partial charge on any atom is 0.124 e. The minimum absolute atomic E-state index is 0.189. The third-order valence-electron chi connectivity index (χ3n) is 3.24. The quantitative estimate of drug-likeness (QED) is 0.807. The number of nitriles is 1. The molecule has 0 saturated carbocycles. The molecule has 0 heterocycles. The summed E-state index contributed by atoms with van der Waals surface area (Å²) in [5.41, 5.74) is 2.29. The van der Waals surface area contributed by atoms with E-state index in [1.165, 1.54) is 5.56 Å². The molecule has 0 amide bonds. The van der Waals surface area contributed by atoms with E-state index in [2.05, 4.69) is 30.0 Å². The third-order valence-corrected chi connectivity index (χ3v) is 3.24. The summed E-state index contributed by atoms with van der Waals surface area (Å²) in [6, 6.07) is 22.5. The van der Waals surface area contributed by atoms with Gasteiger partial charge in [0.25, 0.3) is 0 Å². The molecule has 2 rings (SSSR count).